The first-order valence-electron chi connectivity index (χ1n) is 3.20. The Kier molecular flexibility index (Phi) is 2.02. The molecule has 0 aliphatic rings. The molecule has 1 aromatic heterocycles. The van der Waals surface area contributed by atoms with Crippen LogP contribution in [-0.2, 0) is 7.05 Å². The van der Waals surface area contributed by atoms with Crippen molar-refractivity contribution in [3.05, 3.63) is 11.8 Å². The number of aryl methyl sites for hydroxylation is 1. The van der Waals surface area contributed by atoms with Gasteiger partial charge in [-0.1, -0.05) is 0 Å². The van der Waals surface area contributed by atoms with E-state index in [1.807, 2.05) is 6.07 Å². The minimum absolute atomic E-state index is 0.505. The van der Waals surface area contributed by atoms with Crippen LogP contribution in [0.1, 0.15) is 12.5 Å². The minimum Gasteiger partial charge on any atom is -0.250 e. The summed E-state index contributed by atoms with van der Waals surface area (Å²) in [4.78, 5) is 3.99. The highest BCUT2D eigenvalue weighted by Gasteiger charge is 2.03. The van der Waals surface area contributed by atoms with Gasteiger partial charge in [0, 0.05) is 13.3 Å². The van der Waals surface area contributed by atoms with Gasteiger partial charge in [-0.3, -0.25) is 0 Å². The van der Waals surface area contributed by atoms with E-state index < -0.39 is 0 Å². The third-order valence-electron chi connectivity index (χ3n) is 1.28. The smallest absolute Gasteiger partial charge is 0.167 e. The van der Waals surface area contributed by atoms with E-state index >= 15 is 0 Å². The highest BCUT2D eigenvalue weighted by Crippen LogP contribution is 2.15. The van der Waals surface area contributed by atoms with Crippen molar-refractivity contribution in [1.82, 2.24) is 9.78 Å². The number of nitrogens with zero attached hydrogens (tertiary/aromatic N) is 4. The van der Waals surface area contributed by atoms with Crippen molar-refractivity contribution in [3.63, 3.8) is 0 Å². The number of aliphatic imine (C=N–C) groups is 1. The first-order chi connectivity index (χ1) is 5.29. The molecule has 1 rings (SSSR count). The Morgan fingerprint density at radius 3 is 3.09 bits per heavy atom. The van der Waals surface area contributed by atoms with E-state index in [2.05, 4.69) is 10.1 Å². The van der Waals surface area contributed by atoms with Crippen LogP contribution in [0.2, 0.25) is 0 Å². The normalized spacial score (nSPS) is 10.3. The zero-order chi connectivity index (χ0) is 8.27. The lowest BCUT2D eigenvalue weighted by molar-refractivity contribution is 0.771. The Morgan fingerprint density at radius 2 is 2.55 bits per heavy atom. The van der Waals surface area contributed by atoms with Crippen molar-refractivity contribution in [2.24, 2.45) is 12.0 Å². The number of hydrogen-bond acceptors (Lipinski definition) is 3. The van der Waals surface area contributed by atoms with Crippen LogP contribution in [0.3, 0.4) is 0 Å². The fraction of sp³-hybridized carbons (Fsp3) is 0.286. The molecule has 4 heteroatoms. The average molecular weight is 148 g/mol. The molecule has 0 aromatic carbocycles. The summed E-state index contributed by atoms with van der Waals surface area (Å²) in [6.07, 6.45) is 3.14. The fourth-order valence-corrected chi connectivity index (χ4v) is 0.785. The Bertz CT molecular complexity index is 316. The molecule has 0 spiro atoms. The SMILES string of the molecule is C/C=N\c1c(C#N)cnn1C. The molecule has 0 aliphatic carbocycles. The van der Waals surface area contributed by atoms with Crippen LogP contribution in [-0.4, -0.2) is 16.0 Å². The zero-order valence-electron chi connectivity index (χ0n) is 6.44. The number of hydrogen-bond donors (Lipinski definition) is 0. The molecule has 0 aliphatic heterocycles. The third-order valence-corrected chi connectivity index (χ3v) is 1.28. The Morgan fingerprint density at radius 1 is 1.82 bits per heavy atom. The molecule has 1 heterocycles. The second-order valence-electron chi connectivity index (χ2n) is 2.00. The number of nitriles is 1. The monoisotopic (exact) mass is 148 g/mol. The molecule has 0 saturated heterocycles. The maximum absolute atomic E-state index is 8.58. The van der Waals surface area contributed by atoms with E-state index in [0.717, 1.165) is 0 Å². The minimum atomic E-state index is 0.505. The second kappa shape index (κ2) is 2.97. The predicted molar refractivity (Wildman–Crippen MR) is 41.7 cm³/mol. The van der Waals surface area contributed by atoms with Crippen LogP contribution in [0.15, 0.2) is 11.2 Å². The molecule has 4 nitrogen and oxygen atoms in total. The van der Waals surface area contributed by atoms with Crippen molar-refractivity contribution in [3.8, 4) is 6.07 Å². The van der Waals surface area contributed by atoms with Crippen LogP contribution >= 0.6 is 0 Å². The highest BCUT2D eigenvalue weighted by molar-refractivity contribution is 5.61. The summed E-state index contributed by atoms with van der Waals surface area (Å²) in [5, 5.41) is 12.5. The highest BCUT2D eigenvalue weighted by atomic mass is 15.3. The van der Waals surface area contributed by atoms with Crippen LogP contribution in [0.5, 0.6) is 0 Å². The molecule has 0 bridgehead atoms. The summed E-state index contributed by atoms with van der Waals surface area (Å²) in [6.45, 7) is 1.80. The molecule has 0 amide bonds. The van der Waals surface area contributed by atoms with E-state index in [0.29, 0.717) is 11.4 Å². The summed E-state index contributed by atoms with van der Waals surface area (Å²) in [5.41, 5.74) is 0.505. The van der Waals surface area contributed by atoms with E-state index in [1.165, 1.54) is 6.20 Å². The van der Waals surface area contributed by atoms with E-state index in [4.69, 9.17) is 5.26 Å². The first-order valence-corrected chi connectivity index (χ1v) is 3.20. The van der Waals surface area contributed by atoms with Gasteiger partial charge in [-0.2, -0.15) is 10.4 Å². The molecular formula is C7H8N4. The van der Waals surface area contributed by atoms with Gasteiger partial charge in [-0.15, -0.1) is 0 Å². The van der Waals surface area contributed by atoms with Crippen molar-refractivity contribution in [2.45, 2.75) is 6.92 Å². The first kappa shape index (κ1) is 7.48. The molecule has 0 unspecified atom stereocenters. The maximum atomic E-state index is 8.58. The zero-order valence-corrected chi connectivity index (χ0v) is 6.44. The molecule has 0 N–H and O–H groups in total. The lowest BCUT2D eigenvalue weighted by Crippen LogP contribution is -1.88. The molecule has 0 radical (unpaired) electrons. The predicted octanol–water partition coefficient (Wildman–Crippen LogP) is 1.01. The number of rotatable bonds is 1. The Balaban J connectivity index is 3.20. The molecule has 0 fully saturated rings. The summed E-state index contributed by atoms with van der Waals surface area (Å²) < 4.78 is 1.57. The Hall–Kier alpha value is -1.63. The van der Waals surface area contributed by atoms with Gasteiger partial charge in [-0.25, -0.2) is 9.67 Å². The van der Waals surface area contributed by atoms with Crippen LogP contribution in [0.25, 0.3) is 0 Å². The standard InChI is InChI=1S/C7H8N4/c1-3-9-7-6(4-8)5-10-11(7)2/h3,5H,1-2H3/b9-3-. The summed E-state index contributed by atoms with van der Waals surface area (Å²) in [7, 11) is 1.75. The van der Waals surface area contributed by atoms with Crippen molar-refractivity contribution in [1.29, 1.82) is 5.26 Å². The van der Waals surface area contributed by atoms with Crippen LogP contribution in [0, 0.1) is 11.3 Å². The van der Waals surface area contributed by atoms with Gasteiger partial charge in [0.2, 0.25) is 0 Å². The fourth-order valence-electron chi connectivity index (χ4n) is 0.785. The van der Waals surface area contributed by atoms with Gasteiger partial charge < -0.3 is 0 Å². The summed E-state index contributed by atoms with van der Waals surface area (Å²) in [5.74, 6) is 0.606. The van der Waals surface area contributed by atoms with Gasteiger partial charge >= 0.3 is 0 Å². The second-order valence-corrected chi connectivity index (χ2v) is 2.00. The van der Waals surface area contributed by atoms with E-state index in [1.54, 1.807) is 24.9 Å². The van der Waals surface area contributed by atoms with Crippen molar-refractivity contribution < 1.29 is 0 Å². The van der Waals surface area contributed by atoms with E-state index in [9.17, 15) is 0 Å². The Labute approximate surface area is 64.8 Å². The molecule has 0 atom stereocenters. The molecule has 56 valence electrons. The quantitative estimate of drug-likeness (QED) is 0.558. The van der Waals surface area contributed by atoms with Gasteiger partial charge in [-0.05, 0) is 6.92 Å². The lowest BCUT2D eigenvalue weighted by atomic mass is 10.4. The van der Waals surface area contributed by atoms with Gasteiger partial charge in [0.1, 0.15) is 11.6 Å². The maximum Gasteiger partial charge on any atom is 0.167 e. The van der Waals surface area contributed by atoms with Gasteiger partial charge in [0.05, 0.1) is 6.20 Å². The van der Waals surface area contributed by atoms with E-state index in [-0.39, 0.29) is 0 Å². The molecule has 1 aromatic rings. The molecular weight excluding hydrogens is 140 g/mol. The third kappa shape index (κ3) is 1.27. The summed E-state index contributed by atoms with van der Waals surface area (Å²) >= 11 is 0. The van der Waals surface area contributed by atoms with Gasteiger partial charge in [0.15, 0.2) is 5.82 Å². The van der Waals surface area contributed by atoms with Crippen LogP contribution in [0.4, 0.5) is 5.82 Å². The van der Waals surface area contributed by atoms with Crippen LogP contribution < -0.4 is 0 Å². The molecule has 0 saturated carbocycles. The average Bonchev–Trinajstić information content (AvgIpc) is 2.34. The topological polar surface area (TPSA) is 54.0 Å². The largest absolute Gasteiger partial charge is 0.250 e. The molecule has 11 heavy (non-hydrogen) atoms. The van der Waals surface area contributed by atoms with Gasteiger partial charge in [0.25, 0.3) is 0 Å². The van der Waals surface area contributed by atoms with Crippen molar-refractivity contribution in [2.75, 3.05) is 0 Å². The number of aromatic nitrogens is 2. The summed E-state index contributed by atoms with van der Waals surface area (Å²) in [6, 6.07) is 2.00. The van der Waals surface area contributed by atoms with Crippen molar-refractivity contribution >= 4 is 12.0 Å². The lowest BCUT2D eigenvalue weighted by Gasteiger charge is -1.91.